The molecule has 0 aliphatic carbocycles. The summed E-state index contributed by atoms with van der Waals surface area (Å²) in [4.78, 5) is 8.00. The van der Waals surface area contributed by atoms with Gasteiger partial charge in [-0.2, -0.15) is 8.78 Å². The molecule has 0 radical (unpaired) electrons. The van der Waals surface area contributed by atoms with Crippen molar-refractivity contribution in [2.24, 2.45) is 0 Å². The van der Waals surface area contributed by atoms with E-state index in [0.29, 0.717) is 29.4 Å². The summed E-state index contributed by atoms with van der Waals surface area (Å²) in [6, 6.07) is 10.5. The van der Waals surface area contributed by atoms with Gasteiger partial charge in [0.15, 0.2) is 0 Å². The van der Waals surface area contributed by atoms with Crippen LogP contribution in [0.2, 0.25) is 0 Å². The van der Waals surface area contributed by atoms with Crippen molar-refractivity contribution in [1.29, 1.82) is 0 Å². The van der Waals surface area contributed by atoms with Gasteiger partial charge in [-0.25, -0.2) is 9.97 Å². The number of fused-ring (bicyclic) bond motifs is 2. The van der Waals surface area contributed by atoms with Crippen molar-refractivity contribution in [3.8, 4) is 33.8 Å². The summed E-state index contributed by atoms with van der Waals surface area (Å²) in [6.45, 7) is 4.68. The van der Waals surface area contributed by atoms with Crippen molar-refractivity contribution in [1.82, 2.24) is 39.2 Å². The number of halogens is 8. The fraction of sp³-hybridized carbons (Fsp3) is 0.214. The van der Waals surface area contributed by atoms with E-state index in [2.05, 4.69) is 39.8 Å². The molecule has 2 aromatic carbocycles. The number of ether oxygens (including phenoxy) is 2. The van der Waals surface area contributed by atoms with Gasteiger partial charge in [-0.15, -0.1) is 46.7 Å². The van der Waals surface area contributed by atoms with Crippen LogP contribution in [0.4, 0.5) is 35.1 Å². The SMILES string of the molecule is CC.CC(F)(F)c1nnc2ncc(-c3ccc(OC(F)(F)F)cc3)cn12.FC(F)(F)Oc1ccc(-c2cnc3nncn3c2)cc1. The van der Waals surface area contributed by atoms with E-state index in [1.807, 2.05) is 13.8 Å². The molecule has 242 valence electrons. The summed E-state index contributed by atoms with van der Waals surface area (Å²) in [5.74, 6) is -4.00. The molecule has 10 nitrogen and oxygen atoms in total. The van der Waals surface area contributed by atoms with Gasteiger partial charge in [0.1, 0.15) is 17.8 Å². The largest absolute Gasteiger partial charge is 0.573 e. The highest BCUT2D eigenvalue weighted by Gasteiger charge is 2.32. The molecule has 0 atom stereocenters. The van der Waals surface area contributed by atoms with Crippen LogP contribution < -0.4 is 9.47 Å². The molecule has 4 heterocycles. The molecule has 0 aliphatic rings. The normalized spacial score (nSPS) is 11.8. The lowest BCUT2D eigenvalue weighted by molar-refractivity contribution is -0.275. The van der Waals surface area contributed by atoms with Crippen LogP contribution in [0.25, 0.3) is 33.8 Å². The van der Waals surface area contributed by atoms with Gasteiger partial charge in [0, 0.05) is 42.8 Å². The van der Waals surface area contributed by atoms with Crippen molar-refractivity contribution >= 4 is 11.6 Å². The molecule has 18 heteroatoms. The van der Waals surface area contributed by atoms with Gasteiger partial charge in [-0.05, 0) is 35.4 Å². The zero-order chi connectivity index (χ0) is 33.7. The standard InChI is InChI=1S/C14H9F5N4O.C12H7F3N4O.C2H6/c1-13(15,16)11-21-22-12-20-6-9(7-23(11)12)8-2-4-10(5-3-8)24-14(17,18)19;13-12(14,15)20-10-3-1-8(2-4-10)9-5-16-11-18-17-7-19(11)6-9;1-2/h2-7H,1H3;1-7H;1-2H3. The van der Waals surface area contributed by atoms with Crippen LogP contribution in [-0.4, -0.2) is 51.9 Å². The molecular weight excluding hydrogens is 632 g/mol. The number of hydrogen-bond donors (Lipinski definition) is 0. The number of alkyl halides is 8. The molecule has 0 aliphatic heterocycles. The Morgan fingerprint density at radius 1 is 0.587 bits per heavy atom. The monoisotopic (exact) mass is 654 g/mol. The first-order chi connectivity index (χ1) is 21.6. The third kappa shape index (κ3) is 8.60. The highest BCUT2D eigenvalue weighted by Crippen LogP contribution is 2.29. The molecule has 6 aromatic rings. The van der Waals surface area contributed by atoms with E-state index in [4.69, 9.17) is 0 Å². The minimum absolute atomic E-state index is 0.00713. The smallest absolute Gasteiger partial charge is 0.406 e. The Morgan fingerprint density at radius 3 is 1.54 bits per heavy atom. The van der Waals surface area contributed by atoms with Crippen LogP contribution in [0, 0.1) is 0 Å². The minimum atomic E-state index is -4.79. The van der Waals surface area contributed by atoms with E-state index >= 15 is 0 Å². The molecule has 0 N–H and O–H groups in total. The average molecular weight is 655 g/mol. The third-order valence-electron chi connectivity index (χ3n) is 5.65. The molecule has 0 saturated carbocycles. The Kier molecular flexibility index (Phi) is 9.67. The zero-order valence-corrected chi connectivity index (χ0v) is 23.9. The predicted octanol–water partition coefficient (Wildman–Crippen LogP) is 7.52. The lowest BCUT2D eigenvalue weighted by Gasteiger charge is -2.10. The van der Waals surface area contributed by atoms with Crippen molar-refractivity contribution in [3.63, 3.8) is 0 Å². The van der Waals surface area contributed by atoms with Gasteiger partial charge in [0.25, 0.3) is 11.6 Å². The van der Waals surface area contributed by atoms with E-state index in [1.165, 1.54) is 55.1 Å². The Balaban J connectivity index is 0.000000201. The molecule has 0 fully saturated rings. The van der Waals surface area contributed by atoms with Crippen LogP contribution in [0.15, 0.2) is 79.6 Å². The molecule has 6 rings (SSSR count). The molecule has 0 spiro atoms. The average Bonchev–Trinajstić information content (AvgIpc) is 3.64. The topological polar surface area (TPSA) is 105 Å². The number of aromatic nitrogens is 8. The molecule has 4 aromatic heterocycles. The second-order valence-electron chi connectivity index (χ2n) is 8.95. The molecule has 46 heavy (non-hydrogen) atoms. The van der Waals surface area contributed by atoms with Gasteiger partial charge < -0.3 is 9.47 Å². The number of hydrogen-bond acceptors (Lipinski definition) is 8. The molecular formula is C28H22F8N8O2. The van der Waals surface area contributed by atoms with Gasteiger partial charge >= 0.3 is 18.6 Å². The second-order valence-corrected chi connectivity index (χ2v) is 8.95. The second kappa shape index (κ2) is 13.3. The summed E-state index contributed by atoms with van der Waals surface area (Å²) in [6.07, 6.45) is -1.97. The van der Waals surface area contributed by atoms with Crippen molar-refractivity contribution in [3.05, 3.63) is 85.5 Å². The predicted molar refractivity (Wildman–Crippen MR) is 147 cm³/mol. The summed E-state index contributed by atoms with van der Waals surface area (Å²) >= 11 is 0. The minimum Gasteiger partial charge on any atom is -0.406 e. The van der Waals surface area contributed by atoms with E-state index in [0.717, 1.165) is 22.1 Å². The number of nitrogens with zero attached hydrogens (tertiary/aromatic N) is 8. The Morgan fingerprint density at radius 2 is 1.07 bits per heavy atom. The lowest BCUT2D eigenvalue weighted by atomic mass is 10.1. The quantitative estimate of drug-likeness (QED) is 0.176. The molecule has 0 saturated heterocycles. The van der Waals surface area contributed by atoms with Crippen LogP contribution in [0.1, 0.15) is 26.6 Å². The van der Waals surface area contributed by atoms with E-state index in [1.54, 1.807) is 16.8 Å². The zero-order valence-electron chi connectivity index (χ0n) is 23.9. The summed E-state index contributed by atoms with van der Waals surface area (Å²) in [7, 11) is 0. The first-order valence-electron chi connectivity index (χ1n) is 13.1. The molecule has 0 bridgehead atoms. The Labute approximate surface area is 254 Å². The first-order valence-corrected chi connectivity index (χ1v) is 13.1. The van der Waals surface area contributed by atoms with E-state index < -0.39 is 24.5 Å². The van der Waals surface area contributed by atoms with Crippen LogP contribution in [0.3, 0.4) is 0 Å². The number of benzene rings is 2. The van der Waals surface area contributed by atoms with Crippen molar-refractivity contribution in [2.75, 3.05) is 0 Å². The summed E-state index contributed by atoms with van der Waals surface area (Å²) in [5.41, 5.74) is 2.32. The summed E-state index contributed by atoms with van der Waals surface area (Å²) < 4.78 is 110. The Hall–Kier alpha value is -5.42. The van der Waals surface area contributed by atoms with Crippen molar-refractivity contribution < 1.29 is 44.6 Å². The molecule has 0 amide bonds. The highest BCUT2D eigenvalue weighted by molar-refractivity contribution is 5.64. The van der Waals surface area contributed by atoms with Crippen LogP contribution in [0.5, 0.6) is 11.5 Å². The highest BCUT2D eigenvalue weighted by atomic mass is 19.4. The van der Waals surface area contributed by atoms with Crippen LogP contribution in [-0.2, 0) is 5.92 Å². The van der Waals surface area contributed by atoms with Gasteiger partial charge in [0.2, 0.25) is 5.82 Å². The van der Waals surface area contributed by atoms with Gasteiger partial charge in [0.05, 0.1) is 0 Å². The third-order valence-corrected chi connectivity index (χ3v) is 5.65. The first kappa shape index (κ1) is 33.5. The Bertz CT molecular complexity index is 1880. The van der Waals surface area contributed by atoms with E-state index in [9.17, 15) is 35.1 Å². The maximum Gasteiger partial charge on any atom is 0.573 e. The van der Waals surface area contributed by atoms with Crippen molar-refractivity contribution in [2.45, 2.75) is 39.4 Å². The lowest BCUT2D eigenvalue weighted by Crippen LogP contribution is -2.16. The van der Waals surface area contributed by atoms with Gasteiger partial charge in [-0.1, -0.05) is 38.1 Å². The van der Waals surface area contributed by atoms with E-state index in [-0.39, 0.29) is 17.3 Å². The molecule has 0 unspecified atom stereocenters. The van der Waals surface area contributed by atoms with Gasteiger partial charge in [-0.3, -0.25) is 8.80 Å². The fourth-order valence-corrected chi connectivity index (χ4v) is 3.82. The number of rotatable bonds is 5. The van der Waals surface area contributed by atoms with Crippen LogP contribution >= 0.6 is 0 Å². The fourth-order valence-electron chi connectivity index (χ4n) is 3.82. The maximum absolute atomic E-state index is 13.5. The summed E-state index contributed by atoms with van der Waals surface area (Å²) in [5, 5.41) is 14.4. The maximum atomic E-state index is 13.5.